The molecule has 0 aliphatic carbocycles. The number of rotatable bonds is 5. The lowest BCUT2D eigenvalue weighted by Crippen LogP contribution is -2.41. The van der Waals surface area contributed by atoms with Gasteiger partial charge in [-0.05, 0) is 50.7 Å². The van der Waals surface area contributed by atoms with Crippen LogP contribution in [0.15, 0.2) is 33.5 Å². The summed E-state index contributed by atoms with van der Waals surface area (Å²) < 4.78 is 7.25. The van der Waals surface area contributed by atoms with Crippen molar-refractivity contribution in [3.8, 4) is 0 Å². The summed E-state index contributed by atoms with van der Waals surface area (Å²) in [6.07, 6.45) is 4.59. The summed E-state index contributed by atoms with van der Waals surface area (Å²) in [5, 5.41) is 0. The van der Waals surface area contributed by atoms with Crippen molar-refractivity contribution in [3.05, 3.63) is 34.8 Å². The van der Waals surface area contributed by atoms with E-state index in [0.717, 1.165) is 37.4 Å². The number of hydrogen-bond donors (Lipinski definition) is 0. The van der Waals surface area contributed by atoms with Gasteiger partial charge in [0.15, 0.2) is 5.58 Å². The molecule has 1 aliphatic heterocycles. The standard InChI is InChI=1S/C19H28N2O2/c1-14(2)8-9-15(3)20-12-10-16(11-13-20)21-17-6-4-5-7-18(17)23-19(21)22/h4-7,14-16H,8-13H2,1-3H3. The molecular weight excluding hydrogens is 288 g/mol. The van der Waals surface area contributed by atoms with Crippen LogP contribution >= 0.6 is 0 Å². The number of fused-ring (bicyclic) bond motifs is 1. The Kier molecular flexibility index (Phi) is 4.90. The maximum Gasteiger partial charge on any atom is 0.420 e. The molecule has 1 saturated heterocycles. The van der Waals surface area contributed by atoms with Crippen LogP contribution in [-0.4, -0.2) is 28.6 Å². The van der Waals surface area contributed by atoms with Crippen LogP contribution in [0.2, 0.25) is 0 Å². The smallest absolute Gasteiger partial charge is 0.408 e. The largest absolute Gasteiger partial charge is 0.420 e. The third-order valence-electron chi connectivity index (χ3n) is 5.17. The molecule has 23 heavy (non-hydrogen) atoms. The molecular formula is C19H28N2O2. The lowest BCUT2D eigenvalue weighted by molar-refractivity contribution is 0.132. The average Bonchev–Trinajstić information content (AvgIpc) is 2.88. The predicted octanol–water partition coefficient (Wildman–Crippen LogP) is 4.06. The molecule has 4 nitrogen and oxygen atoms in total. The van der Waals surface area contributed by atoms with E-state index in [1.807, 2.05) is 28.8 Å². The van der Waals surface area contributed by atoms with Crippen molar-refractivity contribution in [1.82, 2.24) is 9.47 Å². The number of nitrogens with zero attached hydrogens (tertiary/aromatic N) is 2. The van der Waals surface area contributed by atoms with Crippen molar-refractivity contribution in [2.45, 2.75) is 58.5 Å². The number of benzene rings is 1. The van der Waals surface area contributed by atoms with Crippen LogP contribution in [0.25, 0.3) is 11.1 Å². The molecule has 1 aromatic heterocycles. The molecule has 126 valence electrons. The van der Waals surface area contributed by atoms with Gasteiger partial charge in [-0.15, -0.1) is 0 Å². The number of oxazole rings is 1. The first-order chi connectivity index (χ1) is 11.1. The molecule has 0 amide bonds. The quantitative estimate of drug-likeness (QED) is 0.835. The number of aromatic nitrogens is 1. The summed E-state index contributed by atoms with van der Waals surface area (Å²) in [7, 11) is 0. The van der Waals surface area contributed by atoms with Gasteiger partial charge in [0.05, 0.1) is 5.52 Å². The zero-order valence-corrected chi connectivity index (χ0v) is 14.5. The minimum atomic E-state index is -0.211. The number of hydrogen-bond acceptors (Lipinski definition) is 3. The summed E-state index contributed by atoms with van der Waals surface area (Å²) in [6.45, 7) is 9.04. The molecule has 4 heteroatoms. The fourth-order valence-electron chi connectivity index (χ4n) is 3.67. The average molecular weight is 316 g/mol. The number of piperidine rings is 1. The minimum Gasteiger partial charge on any atom is -0.408 e. The molecule has 2 heterocycles. The van der Waals surface area contributed by atoms with E-state index in [-0.39, 0.29) is 11.8 Å². The van der Waals surface area contributed by atoms with Crippen molar-refractivity contribution >= 4 is 11.1 Å². The summed E-state index contributed by atoms with van der Waals surface area (Å²) >= 11 is 0. The Morgan fingerprint density at radius 1 is 1.13 bits per heavy atom. The second-order valence-corrected chi connectivity index (χ2v) is 7.29. The minimum absolute atomic E-state index is 0.211. The van der Waals surface area contributed by atoms with Gasteiger partial charge in [0, 0.05) is 25.2 Å². The van der Waals surface area contributed by atoms with Gasteiger partial charge in [0.1, 0.15) is 0 Å². The monoisotopic (exact) mass is 316 g/mol. The number of para-hydroxylation sites is 2. The SMILES string of the molecule is CC(C)CCC(C)N1CCC(n2c(=O)oc3ccccc32)CC1. The second kappa shape index (κ2) is 6.91. The molecule has 1 unspecified atom stereocenters. The maximum atomic E-state index is 12.2. The van der Waals surface area contributed by atoms with Crippen molar-refractivity contribution in [1.29, 1.82) is 0 Å². The molecule has 2 aromatic rings. The highest BCUT2D eigenvalue weighted by Crippen LogP contribution is 2.27. The van der Waals surface area contributed by atoms with Crippen LogP contribution in [0.1, 0.15) is 52.5 Å². The van der Waals surface area contributed by atoms with Crippen LogP contribution in [0.3, 0.4) is 0 Å². The Labute approximate surface area is 138 Å². The zero-order chi connectivity index (χ0) is 16.4. The van der Waals surface area contributed by atoms with E-state index in [1.165, 1.54) is 12.8 Å². The molecule has 0 bridgehead atoms. The highest BCUT2D eigenvalue weighted by molar-refractivity contribution is 5.72. The van der Waals surface area contributed by atoms with E-state index in [1.54, 1.807) is 0 Å². The summed E-state index contributed by atoms with van der Waals surface area (Å²) in [5.74, 6) is 0.559. The lowest BCUT2D eigenvalue weighted by Gasteiger charge is -2.36. The van der Waals surface area contributed by atoms with Crippen LogP contribution in [0, 0.1) is 5.92 Å². The molecule has 1 fully saturated rings. The van der Waals surface area contributed by atoms with Crippen molar-refractivity contribution in [2.24, 2.45) is 5.92 Å². The second-order valence-electron chi connectivity index (χ2n) is 7.29. The van der Waals surface area contributed by atoms with Gasteiger partial charge in [-0.25, -0.2) is 4.79 Å². The number of likely N-dealkylation sites (tertiary alicyclic amines) is 1. The molecule has 0 radical (unpaired) electrons. The van der Waals surface area contributed by atoms with Gasteiger partial charge in [0.25, 0.3) is 0 Å². The van der Waals surface area contributed by atoms with E-state index in [2.05, 4.69) is 25.7 Å². The molecule has 1 aromatic carbocycles. The molecule has 0 spiro atoms. The van der Waals surface area contributed by atoms with Crippen LogP contribution in [-0.2, 0) is 0 Å². The van der Waals surface area contributed by atoms with Gasteiger partial charge in [0.2, 0.25) is 0 Å². The fourth-order valence-corrected chi connectivity index (χ4v) is 3.67. The van der Waals surface area contributed by atoms with Gasteiger partial charge in [-0.1, -0.05) is 26.0 Å². The molecule has 1 atom stereocenters. The van der Waals surface area contributed by atoms with Gasteiger partial charge >= 0.3 is 5.76 Å². The Morgan fingerprint density at radius 2 is 1.83 bits per heavy atom. The van der Waals surface area contributed by atoms with Gasteiger partial charge in [-0.3, -0.25) is 4.57 Å². The van der Waals surface area contributed by atoms with Crippen LogP contribution in [0.4, 0.5) is 0 Å². The van der Waals surface area contributed by atoms with E-state index in [0.29, 0.717) is 11.6 Å². The Hall–Kier alpha value is -1.55. The lowest BCUT2D eigenvalue weighted by atomic mass is 9.99. The highest BCUT2D eigenvalue weighted by Gasteiger charge is 2.26. The van der Waals surface area contributed by atoms with Crippen LogP contribution in [0.5, 0.6) is 0 Å². The van der Waals surface area contributed by atoms with Crippen LogP contribution < -0.4 is 5.76 Å². The van der Waals surface area contributed by atoms with Gasteiger partial charge in [-0.2, -0.15) is 0 Å². The molecule has 3 rings (SSSR count). The molecule has 0 saturated carbocycles. The van der Waals surface area contributed by atoms with E-state index in [4.69, 9.17) is 4.42 Å². The summed E-state index contributed by atoms with van der Waals surface area (Å²) in [5.41, 5.74) is 1.63. The predicted molar refractivity (Wildman–Crippen MR) is 93.9 cm³/mol. The first kappa shape index (κ1) is 16.3. The first-order valence-corrected chi connectivity index (χ1v) is 8.90. The van der Waals surface area contributed by atoms with Crippen molar-refractivity contribution in [2.75, 3.05) is 13.1 Å². The zero-order valence-electron chi connectivity index (χ0n) is 14.5. The summed E-state index contributed by atoms with van der Waals surface area (Å²) in [4.78, 5) is 14.8. The first-order valence-electron chi connectivity index (χ1n) is 8.90. The van der Waals surface area contributed by atoms with Crippen molar-refractivity contribution < 1.29 is 4.42 Å². The Bertz CT molecular complexity index is 693. The molecule has 1 aliphatic rings. The van der Waals surface area contributed by atoms with E-state index < -0.39 is 0 Å². The Balaban J connectivity index is 1.67. The van der Waals surface area contributed by atoms with Crippen molar-refractivity contribution in [3.63, 3.8) is 0 Å². The van der Waals surface area contributed by atoms with Gasteiger partial charge < -0.3 is 9.32 Å². The van der Waals surface area contributed by atoms with E-state index >= 15 is 0 Å². The maximum absolute atomic E-state index is 12.2. The highest BCUT2D eigenvalue weighted by atomic mass is 16.4. The molecule has 0 N–H and O–H groups in total. The normalized spacial score (nSPS) is 18.8. The third-order valence-corrected chi connectivity index (χ3v) is 5.17. The Morgan fingerprint density at radius 3 is 2.52 bits per heavy atom. The topological polar surface area (TPSA) is 38.4 Å². The van der Waals surface area contributed by atoms with E-state index in [9.17, 15) is 4.79 Å². The third kappa shape index (κ3) is 3.52. The summed E-state index contributed by atoms with van der Waals surface area (Å²) in [6, 6.07) is 8.63. The fraction of sp³-hybridized carbons (Fsp3) is 0.632.